The Hall–Kier alpha value is -2.71. The summed E-state index contributed by atoms with van der Waals surface area (Å²) in [6.45, 7) is 9.25. The zero-order chi connectivity index (χ0) is 21.3. The van der Waals surface area contributed by atoms with Crippen molar-refractivity contribution in [3.05, 3.63) is 69.2 Å². The minimum Gasteiger partial charge on any atom is -0.321 e. The smallest absolute Gasteiger partial charge is 0.267 e. The molecule has 0 aliphatic carbocycles. The number of rotatable bonds is 5. The van der Waals surface area contributed by atoms with Crippen LogP contribution in [0.3, 0.4) is 0 Å². The van der Waals surface area contributed by atoms with Gasteiger partial charge in [0.05, 0.1) is 10.6 Å². The monoisotopic (exact) mass is 429 g/mol. The van der Waals surface area contributed by atoms with Gasteiger partial charge in [-0.2, -0.15) is 0 Å². The molecule has 1 amide bonds. The second-order valence-corrected chi connectivity index (χ2v) is 9.66. The fraction of sp³-hybridized carbons (Fsp3) is 0.238. The number of anilines is 2. The maximum absolute atomic E-state index is 12.8. The first-order chi connectivity index (χ1) is 13.6. The number of nitrogens with one attached hydrogen (secondary N) is 2. The molecule has 0 atom stereocenters. The van der Waals surface area contributed by atoms with Gasteiger partial charge in [-0.1, -0.05) is 41.2 Å². The molecule has 0 fully saturated rings. The van der Waals surface area contributed by atoms with Crippen LogP contribution < -0.4 is 10.0 Å². The molecule has 29 heavy (non-hydrogen) atoms. The summed E-state index contributed by atoms with van der Waals surface area (Å²) in [5, 5.41) is 3.05. The molecule has 0 aliphatic heterocycles. The van der Waals surface area contributed by atoms with Crippen LogP contribution in [0.2, 0.25) is 0 Å². The van der Waals surface area contributed by atoms with Crippen LogP contribution in [-0.2, 0) is 10.0 Å². The predicted octanol–water partition coefficient (Wildman–Crippen LogP) is 4.74. The van der Waals surface area contributed by atoms with Gasteiger partial charge in [0.1, 0.15) is 4.88 Å². The highest BCUT2D eigenvalue weighted by molar-refractivity contribution is 7.93. The minimum atomic E-state index is -3.79. The van der Waals surface area contributed by atoms with E-state index >= 15 is 0 Å². The van der Waals surface area contributed by atoms with Gasteiger partial charge in [-0.25, -0.2) is 13.4 Å². The Labute approximate surface area is 175 Å². The average Bonchev–Trinajstić information content (AvgIpc) is 2.98. The highest BCUT2D eigenvalue weighted by Crippen LogP contribution is 2.28. The number of hydrogen-bond acceptors (Lipinski definition) is 5. The highest BCUT2D eigenvalue weighted by atomic mass is 32.2. The number of sulfonamides is 1. The molecular formula is C21H23N3O3S2. The van der Waals surface area contributed by atoms with Crippen molar-refractivity contribution in [1.29, 1.82) is 0 Å². The molecule has 3 aromatic rings. The molecular weight excluding hydrogens is 406 g/mol. The Morgan fingerprint density at radius 1 is 1.00 bits per heavy atom. The number of aryl methyl sites for hydroxylation is 4. The molecule has 3 rings (SSSR count). The van der Waals surface area contributed by atoms with Crippen LogP contribution in [0.4, 0.5) is 10.8 Å². The SMILES string of the molecule is Cc1ccc(S(=O)(=O)Nc2nc(C)c(C(=O)Nc3cccc(C)c3C)s2)c(C)c1. The van der Waals surface area contributed by atoms with E-state index in [1.165, 1.54) is 0 Å². The minimum absolute atomic E-state index is 0.161. The summed E-state index contributed by atoms with van der Waals surface area (Å²) >= 11 is 1.01. The topological polar surface area (TPSA) is 88.2 Å². The lowest BCUT2D eigenvalue weighted by Gasteiger charge is -2.09. The normalized spacial score (nSPS) is 11.3. The average molecular weight is 430 g/mol. The van der Waals surface area contributed by atoms with Gasteiger partial charge in [-0.05, 0) is 63.4 Å². The standard InChI is InChI=1S/C21H23N3O3S2/c1-12-9-10-18(14(3)11-12)29(26,27)24-21-22-16(5)19(28-21)20(25)23-17-8-6-7-13(2)15(17)4/h6-11H,1-5H3,(H,22,24)(H,23,25). The van der Waals surface area contributed by atoms with Gasteiger partial charge in [0.15, 0.2) is 5.13 Å². The molecule has 0 saturated carbocycles. The van der Waals surface area contributed by atoms with Crippen LogP contribution in [0, 0.1) is 34.6 Å². The molecule has 0 spiro atoms. The fourth-order valence-corrected chi connectivity index (χ4v) is 5.31. The quantitative estimate of drug-likeness (QED) is 0.613. The number of aromatic nitrogens is 1. The second-order valence-electron chi connectivity index (χ2n) is 7.01. The van der Waals surface area contributed by atoms with Gasteiger partial charge >= 0.3 is 0 Å². The first kappa shape index (κ1) is 21.0. The zero-order valence-electron chi connectivity index (χ0n) is 17.0. The Bertz CT molecular complexity index is 1200. The van der Waals surface area contributed by atoms with E-state index in [0.717, 1.165) is 33.7 Å². The van der Waals surface area contributed by atoms with Gasteiger partial charge < -0.3 is 5.32 Å². The molecule has 0 aliphatic rings. The van der Waals surface area contributed by atoms with Crippen molar-refractivity contribution in [2.75, 3.05) is 10.0 Å². The number of nitrogens with zero attached hydrogens (tertiary/aromatic N) is 1. The van der Waals surface area contributed by atoms with E-state index in [0.29, 0.717) is 16.1 Å². The van der Waals surface area contributed by atoms with Gasteiger partial charge in [-0.15, -0.1) is 0 Å². The van der Waals surface area contributed by atoms with E-state index in [2.05, 4.69) is 15.0 Å². The van der Waals surface area contributed by atoms with E-state index in [9.17, 15) is 13.2 Å². The molecule has 1 heterocycles. The molecule has 0 bridgehead atoms. The van der Waals surface area contributed by atoms with Crippen molar-refractivity contribution in [3.8, 4) is 0 Å². The van der Waals surface area contributed by atoms with Gasteiger partial charge in [0.2, 0.25) is 0 Å². The van der Waals surface area contributed by atoms with Crippen molar-refractivity contribution in [2.45, 2.75) is 39.5 Å². The third kappa shape index (κ3) is 4.49. The lowest BCUT2D eigenvalue weighted by Crippen LogP contribution is -2.14. The van der Waals surface area contributed by atoms with E-state index in [1.54, 1.807) is 26.0 Å². The van der Waals surface area contributed by atoms with Crippen molar-refractivity contribution in [3.63, 3.8) is 0 Å². The Kier molecular flexibility index (Phi) is 5.77. The molecule has 2 N–H and O–H groups in total. The van der Waals surface area contributed by atoms with E-state index < -0.39 is 10.0 Å². The molecule has 1 aromatic heterocycles. The second kappa shape index (κ2) is 7.96. The van der Waals surface area contributed by atoms with Crippen LogP contribution >= 0.6 is 11.3 Å². The van der Waals surface area contributed by atoms with Crippen molar-refractivity contribution < 1.29 is 13.2 Å². The first-order valence-electron chi connectivity index (χ1n) is 9.03. The molecule has 152 valence electrons. The third-order valence-electron chi connectivity index (χ3n) is 4.70. The largest absolute Gasteiger partial charge is 0.321 e. The van der Waals surface area contributed by atoms with Crippen molar-refractivity contribution in [2.24, 2.45) is 0 Å². The van der Waals surface area contributed by atoms with Crippen molar-refractivity contribution in [1.82, 2.24) is 4.98 Å². The predicted molar refractivity (Wildman–Crippen MR) is 117 cm³/mol. The number of carbonyl (C=O) groups is 1. The molecule has 6 nitrogen and oxygen atoms in total. The van der Waals surface area contributed by atoms with Crippen LogP contribution in [0.5, 0.6) is 0 Å². The third-order valence-corrected chi connectivity index (χ3v) is 7.40. The molecule has 2 aromatic carbocycles. The summed E-state index contributed by atoms with van der Waals surface area (Å²) in [5.41, 5.74) is 4.89. The summed E-state index contributed by atoms with van der Waals surface area (Å²) in [5.74, 6) is -0.314. The Morgan fingerprint density at radius 3 is 2.41 bits per heavy atom. The molecule has 0 radical (unpaired) electrons. The molecule has 0 unspecified atom stereocenters. The maximum Gasteiger partial charge on any atom is 0.267 e. The van der Waals surface area contributed by atoms with Crippen LogP contribution in [0.15, 0.2) is 41.3 Å². The number of carbonyl (C=O) groups excluding carboxylic acids is 1. The van der Waals surface area contributed by atoms with Crippen LogP contribution in [0.25, 0.3) is 0 Å². The molecule has 8 heteroatoms. The van der Waals surface area contributed by atoms with Crippen molar-refractivity contribution >= 4 is 38.1 Å². The van der Waals surface area contributed by atoms with Crippen LogP contribution in [-0.4, -0.2) is 19.3 Å². The number of hydrogen-bond donors (Lipinski definition) is 2. The summed E-state index contributed by atoms with van der Waals surface area (Å²) in [6.07, 6.45) is 0. The summed E-state index contributed by atoms with van der Waals surface area (Å²) in [4.78, 5) is 17.5. The van der Waals surface area contributed by atoms with Gasteiger partial charge in [0.25, 0.3) is 15.9 Å². The number of amides is 1. The number of thiazole rings is 1. The highest BCUT2D eigenvalue weighted by Gasteiger charge is 2.22. The van der Waals surface area contributed by atoms with Gasteiger partial charge in [0, 0.05) is 5.69 Å². The Balaban J connectivity index is 1.84. The Morgan fingerprint density at radius 2 is 1.72 bits per heavy atom. The summed E-state index contributed by atoms with van der Waals surface area (Å²) in [6, 6.07) is 10.8. The number of benzene rings is 2. The lowest BCUT2D eigenvalue weighted by molar-refractivity contribution is 0.102. The summed E-state index contributed by atoms with van der Waals surface area (Å²) < 4.78 is 28.0. The van der Waals surface area contributed by atoms with Gasteiger partial charge in [-0.3, -0.25) is 9.52 Å². The van der Waals surface area contributed by atoms with E-state index in [-0.39, 0.29) is 15.9 Å². The lowest BCUT2D eigenvalue weighted by atomic mass is 10.1. The zero-order valence-corrected chi connectivity index (χ0v) is 18.6. The van der Waals surface area contributed by atoms with E-state index in [1.807, 2.05) is 45.0 Å². The fourth-order valence-electron chi connectivity index (χ4n) is 2.99. The maximum atomic E-state index is 12.8. The molecule has 0 saturated heterocycles. The van der Waals surface area contributed by atoms with E-state index in [4.69, 9.17) is 0 Å². The van der Waals surface area contributed by atoms with Crippen LogP contribution in [0.1, 0.15) is 37.6 Å². The summed E-state index contributed by atoms with van der Waals surface area (Å²) in [7, 11) is -3.79. The first-order valence-corrected chi connectivity index (χ1v) is 11.3.